The maximum atomic E-state index is 11.4. The average Bonchev–Trinajstić information content (AvgIpc) is 2.33. The summed E-state index contributed by atoms with van der Waals surface area (Å²) in [5, 5.41) is 3.48. The van der Waals surface area contributed by atoms with Crippen molar-refractivity contribution in [2.75, 3.05) is 11.9 Å². The van der Waals surface area contributed by atoms with Crippen LogP contribution in [0.15, 0.2) is 11.1 Å². The second-order valence-electron chi connectivity index (χ2n) is 4.34. The van der Waals surface area contributed by atoms with E-state index in [-0.39, 0.29) is 10.9 Å². The van der Waals surface area contributed by atoms with Crippen molar-refractivity contribution in [3.8, 4) is 0 Å². The number of anilines is 1. The minimum atomic E-state index is -0.103. The van der Waals surface area contributed by atoms with Gasteiger partial charge in [-0.1, -0.05) is 12.8 Å². The zero-order chi connectivity index (χ0) is 12.3. The SMILES string of the molecule is O=c1[nH]cnc(NCC2CCCCC2Cl)c1I. The van der Waals surface area contributed by atoms with Gasteiger partial charge in [0, 0.05) is 11.9 Å². The van der Waals surface area contributed by atoms with Gasteiger partial charge in [-0.25, -0.2) is 4.98 Å². The Morgan fingerprint density at radius 1 is 1.53 bits per heavy atom. The molecule has 94 valence electrons. The standard InChI is InChI=1S/C11H15ClIN3O/c12-8-4-2-1-3-7(8)5-14-10-9(13)11(17)16-6-15-10/h6-8H,1-5H2,(H2,14,15,16,17). The van der Waals surface area contributed by atoms with Gasteiger partial charge < -0.3 is 10.3 Å². The summed E-state index contributed by atoms with van der Waals surface area (Å²) < 4.78 is 0.604. The first-order valence-electron chi connectivity index (χ1n) is 5.79. The number of nitrogens with zero attached hydrogens (tertiary/aromatic N) is 1. The molecule has 1 aliphatic carbocycles. The third-order valence-corrected chi connectivity index (χ3v) is 4.72. The Morgan fingerprint density at radius 2 is 2.29 bits per heavy atom. The molecule has 0 spiro atoms. The predicted octanol–water partition coefficient (Wildman–Crippen LogP) is 2.58. The smallest absolute Gasteiger partial charge is 0.266 e. The van der Waals surface area contributed by atoms with Gasteiger partial charge in [0.1, 0.15) is 9.39 Å². The highest BCUT2D eigenvalue weighted by Crippen LogP contribution is 2.28. The molecular weight excluding hydrogens is 352 g/mol. The first-order chi connectivity index (χ1) is 8.18. The second-order valence-corrected chi connectivity index (χ2v) is 5.98. The minimum absolute atomic E-state index is 0.103. The first-order valence-corrected chi connectivity index (χ1v) is 7.31. The zero-order valence-electron chi connectivity index (χ0n) is 9.38. The Balaban J connectivity index is 1.97. The van der Waals surface area contributed by atoms with E-state index in [1.807, 2.05) is 22.6 Å². The zero-order valence-corrected chi connectivity index (χ0v) is 12.3. The first kappa shape index (κ1) is 13.1. The van der Waals surface area contributed by atoms with E-state index >= 15 is 0 Å². The molecule has 0 radical (unpaired) electrons. The van der Waals surface area contributed by atoms with Crippen molar-refractivity contribution in [1.82, 2.24) is 9.97 Å². The van der Waals surface area contributed by atoms with Crippen LogP contribution >= 0.6 is 34.2 Å². The number of nitrogens with one attached hydrogen (secondary N) is 2. The number of hydrogen-bond donors (Lipinski definition) is 2. The van der Waals surface area contributed by atoms with E-state index in [9.17, 15) is 4.79 Å². The number of H-pyrrole nitrogens is 1. The van der Waals surface area contributed by atoms with Gasteiger partial charge in [0.25, 0.3) is 5.56 Å². The Bertz CT molecular complexity index is 437. The summed E-state index contributed by atoms with van der Waals surface area (Å²) in [6.07, 6.45) is 6.14. The molecule has 1 heterocycles. The number of aromatic nitrogens is 2. The summed E-state index contributed by atoms with van der Waals surface area (Å²) in [4.78, 5) is 18.1. The van der Waals surface area contributed by atoms with E-state index in [0.29, 0.717) is 15.3 Å². The van der Waals surface area contributed by atoms with Crippen molar-refractivity contribution in [3.63, 3.8) is 0 Å². The van der Waals surface area contributed by atoms with E-state index in [0.717, 1.165) is 19.4 Å². The molecule has 0 amide bonds. The molecule has 2 rings (SSSR count). The van der Waals surface area contributed by atoms with Crippen molar-refractivity contribution in [2.24, 2.45) is 5.92 Å². The number of rotatable bonds is 3. The molecule has 2 N–H and O–H groups in total. The molecule has 2 unspecified atom stereocenters. The number of hydrogen-bond acceptors (Lipinski definition) is 3. The van der Waals surface area contributed by atoms with Crippen LogP contribution in [0.2, 0.25) is 0 Å². The van der Waals surface area contributed by atoms with Crippen LogP contribution in [0.1, 0.15) is 25.7 Å². The van der Waals surface area contributed by atoms with Crippen molar-refractivity contribution < 1.29 is 0 Å². The average molecular weight is 368 g/mol. The molecule has 1 aromatic heterocycles. The molecular formula is C11H15ClIN3O. The van der Waals surface area contributed by atoms with Crippen molar-refractivity contribution in [2.45, 2.75) is 31.1 Å². The largest absolute Gasteiger partial charge is 0.369 e. The third-order valence-electron chi connectivity index (χ3n) is 3.14. The Kier molecular flexibility index (Phi) is 4.67. The molecule has 1 fully saturated rings. The maximum absolute atomic E-state index is 11.4. The monoisotopic (exact) mass is 367 g/mol. The minimum Gasteiger partial charge on any atom is -0.369 e. The lowest BCUT2D eigenvalue weighted by atomic mass is 9.89. The molecule has 6 heteroatoms. The van der Waals surface area contributed by atoms with Crippen molar-refractivity contribution >= 4 is 40.0 Å². The van der Waals surface area contributed by atoms with Crippen LogP contribution in [0, 0.1) is 9.49 Å². The van der Waals surface area contributed by atoms with Crippen LogP contribution in [0.5, 0.6) is 0 Å². The molecule has 1 aliphatic rings. The topological polar surface area (TPSA) is 57.8 Å². The van der Waals surface area contributed by atoms with Crippen LogP contribution in [-0.2, 0) is 0 Å². The van der Waals surface area contributed by atoms with E-state index in [1.165, 1.54) is 19.2 Å². The third kappa shape index (κ3) is 3.34. The van der Waals surface area contributed by atoms with E-state index < -0.39 is 0 Å². The number of alkyl halides is 1. The Labute approximate surface area is 119 Å². The Morgan fingerprint density at radius 3 is 3.06 bits per heavy atom. The van der Waals surface area contributed by atoms with Crippen LogP contribution < -0.4 is 10.9 Å². The molecule has 0 bridgehead atoms. The Hall–Kier alpha value is -0.300. The number of aromatic amines is 1. The molecule has 1 saturated carbocycles. The van der Waals surface area contributed by atoms with Gasteiger partial charge in [0.2, 0.25) is 0 Å². The lowest BCUT2D eigenvalue weighted by Gasteiger charge is -2.27. The number of halogens is 2. The van der Waals surface area contributed by atoms with Crippen molar-refractivity contribution in [3.05, 3.63) is 20.3 Å². The van der Waals surface area contributed by atoms with E-state index in [1.54, 1.807) is 0 Å². The fourth-order valence-electron chi connectivity index (χ4n) is 2.13. The van der Waals surface area contributed by atoms with Gasteiger partial charge in [-0.2, -0.15) is 0 Å². The maximum Gasteiger partial charge on any atom is 0.266 e. The summed E-state index contributed by atoms with van der Waals surface area (Å²) in [7, 11) is 0. The quantitative estimate of drug-likeness (QED) is 0.638. The molecule has 0 aromatic carbocycles. The van der Waals surface area contributed by atoms with Crippen LogP contribution in [0.25, 0.3) is 0 Å². The van der Waals surface area contributed by atoms with Gasteiger partial charge in [-0.15, -0.1) is 11.6 Å². The van der Waals surface area contributed by atoms with Crippen LogP contribution in [0.4, 0.5) is 5.82 Å². The summed E-state index contributed by atoms with van der Waals surface area (Å²) >= 11 is 8.29. The highest BCUT2D eigenvalue weighted by molar-refractivity contribution is 14.1. The van der Waals surface area contributed by atoms with Crippen LogP contribution in [0.3, 0.4) is 0 Å². The lowest BCUT2D eigenvalue weighted by Crippen LogP contribution is -2.28. The summed E-state index contributed by atoms with van der Waals surface area (Å²) in [6, 6.07) is 0. The normalized spacial score (nSPS) is 24.6. The van der Waals surface area contributed by atoms with Gasteiger partial charge >= 0.3 is 0 Å². The molecule has 0 aliphatic heterocycles. The second kappa shape index (κ2) is 6.04. The van der Waals surface area contributed by atoms with Gasteiger partial charge in [-0.05, 0) is 41.4 Å². The van der Waals surface area contributed by atoms with Crippen LogP contribution in [-0.4, -0.2) is 21.9 Å². The highest BCUT2D eigenvalue weighted by atomic mass is 127. The van der Waals surface area contributed by atoms with Crippen molar-refractivity contribution in [1.29, 1.82) is 0 Å². The molecule has 4 nitrogen and oxygen atoms in total. The summed E-state index contributed by atoms with van der Waals surface area (Å²) in [6.45, 7) is 0.792. The molecule has 2 atom stereocenters. The lowest BCUT2D eigenvalue weighted by molar-refractivity contribution is 0.380. The van der Waals surface area contributed by atoms with Gasteiger partial charge in [0.05, 0.1) is 6.33 Å². The van der Waals surface area contributed by atoms with Gasteiger partial charge in [0.15, 0.2) is 0 Å². The summed E-state index contributed by atoms with van der Waals surface area (Å²) in [5.41, 5.74) is -0.103. The summed E-state index contributed by atoms with van der Waals surface area (Å²) in [5.74, 6) is 1.13. The van der Waals surface area contributed by atoms with E-state index in [4.69, 9.17) is 11.6 Å². The van der Waals surface area contributed by atoms with Gasteiger partial charge in [-0.3, -0.25) is 4.79 Å². The fraction of sp³-hybridized carbons (Fsp3) is 0.636. The molecule has 1 aromatic rings. The molecule has 0 saturated heterocycles. The van der Waals surface area contributed by atoms with E-state index in [2.05, 4.69) is 15.3 Å². The predicted molar refractivity (Wildman–Crippen MR) is 77.7 cm³/mol. The fourth-order valence-corrected chi connectivity index (χ4v) is 2.98. The highest BCUT2D eigenvalue weighted by Gasteiger charge is 2.23. The molecule has 17 heavy (non-hydrogen) atoms.